The number of rotatable bonds is 5. The van der Waals surface area contributed by atoms with Crippen LogP contribution in [0.4, 0.5) is 8.78 Å². The lowest BCUT2D eigenvalue weighted by Gasteiger charge is -2.17. The third-order valence-corrected chi connectivity index (χ3v) is 4.07. The van der Waals surface area contributed by atoms with E-state index in [-0.39, 0.29) is 0 Å². The standard InChI is InChI=1S/C14H17F2N3S/c1-4-5-10-14(20-19-18-10)13(17-3)9-7-6-8(2)11(15)12(9)16/h6-7,13,17H,4-5H2,1-3H3. The van der Waals surface area contributed by atoms with Gasteiger partial charge in [-0.25, -0.2) is 8.78 Å². The van der Waals surface area contributed by atoms with Crippen LogP contribution in [0.5, 0.6) is 0 Å². The van der Waals surface area contributed by atoms with Gasteiger partial charge in [-0.1, -0.05) is 30.0 Å². The number of hydrogen-bond acceptors (Lipinski definition) is 4. The first kappa shape index (κ1) is 15.0. The van der Waals surface area contributed by atoms with Crippen LogP contribution in [0.15, 0.2) is 12.1 Å². The monoisotopic (exact) mass is 297 g/mol. The van der Waals surface area contributed by atoms with Crippen LogP contribution in [0.25, 0.3) is 0 Å². The summed E-state index contributed by atoms with van der Waals surface area (Å²) < 4.78 is 31.8. The van der Waals surface area contributed by atoms with Gasteiger partial charge in [-0.15, -0.1) is 5.10 Å². The maximum Gasteiger partial charge on any atom is 0.164 e. The molecule has 0 bridgehead atoms. The summed E-state index contributed by atoms with van der Waals surface area (Å²) >= 11 is 1.22. The quantitative estimate of drug-likeness (QED) is 0.919. The summed E-state index contributed by atoms with van der Waals surface area (Å²) in [5, 5.41) is 7.11. The van der Waals surface area contributed by atoms with Gasteiger partial charge >= 0.3 is 0 Å². The number of aryl methyl sites for hydroxylation is 2. The molecule has 2 aromatic rings. The number of hydrogen-bond donors (Lipinski definition) is 1. The Morgan fingerprint density at radius 2 is 2.05 bits per heavy atom. The molecule has 0 fully saturated rings. The SMILES string of the molecule is CCCc1nnsc1C(NC)c1ccc(C)c(F)c1F. The summed E-state index contributed by atoms with van der Waals surface area (Å²) in [6.07, 6.45) is 1.71. The molecule has 1 aromatic carbocycles. The molecule has 0 aliphatic rings. The van der Waals surface area contributed by atoms with Crippen LogP contribution in [0.2, 0.25) is 0 Å². The summed E-state index contributed by atoms with van der Waals surface area (Å²) in [7, 11) is 1.72. The average molecular weight is 297 g/mol. The normalized spacial score (nSPS) is 12.7. The van der Waals surface area contributed by atoms with Crippen LogP contribution in [0.1, 0.15) is 41.1 Å². The molecular weight excluding hydrogens is 280 g/mol. The van der Waals surface area contributed by atoms with E-state index < -0.39 is 17.7 Å². The van der Waals surface area contributed by atoms with E-state index in [4.69, 9.17) is 0 Å². The number of nitrogens with zero attached hydrogens (tertiary/aromatic N) is 2. The van der Waals surface area contributed by atoms with Crippen molar-refractivity contribution in [3.05, 3.63) is 45.5 Å². The lowest BCUT2D eigenvalue weighted by atomic mass is 10.0. The van der Waals surface area contributed by atoms with Crippen molar-refractivity contribution in [2.45, 2.75) is 32.7 Å². The lowest BCUT2D eigenvalue weighted by Crippen LogP contribution is -2.20. The van der Waals surface area contributed by atoms with Crippen LogP contribution >= 0.6 is 11.5 Å². The van der Waals surface area contributed by atoms with Crippen molar-refractivity contribution in [3.63, 3.8) is 0 Å². The van der Waals surface area contributed by atoms with Crippen molar-refractivity contribution in [2.75, 3.05) is 7.05 Å². The van der Waals surface area contributed by atoms with Crippen LogP contribution in [0.3, 0.4) is 0 Å². The molecule has 0 aliphatic carbocycles. The van der Waals surface area contributed by atoms with Crippen molar-refractivity contribution in [3.8, 4) is 0 Å². The van der Waals surface area contributed by atoms with Gasteiger partial charge in [0.1, 0.15) is 0 Å². The predicted octanol–water partition coefficient (Wildman–Crippen LogP) is 3.39. The number of aromatic nitrogens is 2. The van der Waals surface area contributed by atoms with Gasteiger partial charge in [0.2, 0.25) is 0 Å². The van der Waals surface area contributed by atoms with Crippen LogP contribution in [-0.4, -0.2) is 16.6 Å². The Labute approximate surface area is 121 Å². The average Bonchev–Trinajstić information content (AvgIpc) is 2.88. The molecule has 1 N–H and O–H groups in total. The minimum atomic E-state index is -0.805. The van der Waals surface area contributed by atoms with Crippen molar-refractivity contribution in [1.29, 1.82) is 0 Å². The highest BCUT2D eigenvalue weighted by molar-refractivity contribution is 7.05. The highest BCUT2D eigenvalue weighted by atomic mass is 32.1. The molecule has 0 saturated carbocycles. The smallest absolute Gasteiger partial charge is 0.164 e. The van der Waals surface area contributed by atoms with Gasteiger partial charge in [0.15, 0.2) is 11.6 Å². The molecule has 6 heteroatoms. The minimum Gasteiger partial charge on any atom is -0.308 e. The topological polar surface area (TPSA) is 37.8 Å². The van der Waals surface area contributed by atoms with Crippen molar-refractivity contribution in [2.24, 2.45) is 0 Å². The zero-order chi connectivity index (χ0) is 14.7. The Morgan fingerprint density at radius 1 is 1.30 bits per heavy atom. The number of halogens is 2. The van der Waals surface area contributed by atoms with Gasteiger partial charge in [0.25, 0.3) is 0 Å². The zero-order valence-electron chi connectivity index (χ0n) is 11.7. The number of benzene rings is 1. The second-order valence-electron chi connectivity index (χ2n) is 4.66. The first-order valence-electron chi connectivity index (χ1n) is 6.53. The van der Waals surface area contributed by atoms with Crippen LogP contribution in [0, 0.1) is 18.6 Å². The Kier molecular flexibility index (Phi) is 4.77. The highest BCUT2D eigenvalue weighted by Crippen LogP contribution is 2.30. The molecule has 20 heavy (non-hydrogen) atoms. The fraction of sp³-hybridized carbons (Fsp3) is 0.429. The molecule has 3 nitrogen and oxygen atoms in total. The molecule has 108 valence electrons. The van der Waals surface area contributed by atoms with Gasteiger partial charge in [-0.3, -0.25) is 0 Å². The third kappa shape index (κ3) is 2.71. The van der Waals surface area contributed by atoms with Crippen LogP contribution < -0.4 is 5.32 Å². The van der Waals surface area contributed by atoms with Crippen molar-refractivity contribution < 1.29 is 8.78 Å². The van der Waals surface area contributed by atoms with Gasteiger partial charge in [-0.2, -0.15) is 0 Å². The summed E-state index contributed by atoms with van der Waals surface area (Å²) in [6.45, 7) is 3.59. The molecular formula is C14H17F2N3S. The van der Waals surface area contributed by atoms with E-state index >= 15 is 0 Å². The third-order valence-electron chi connectivity index (χ3n) is 3.24. The van der Waals surface area contributed by atoms with Crippen molar-refractivity contribution >= 4 is 11.5 Å². The maximum atomic E-state index is 14.2. The fourth-order valence-corrected chi connectivity index (χ4v) is 2.98. The molecule has 0 spiro atoms. The Bertz CT molecular complexity index is 598. The maximum absolute atomic E-state index is 14.2. The summed E-state index contributed by atoms with van der Waals surface area (Å²) in [5.74, 6) is -1.60. The predicted molar refractivity (Wildman–Crippen MR) is 75.9 cm³/mol. The van der Waals surface area contributed by atoms with E-state index in [0.29, 0.717) is 11.1 Å². The van der Waals surface area contributed by atoms with E-state index in [1.807, 2.05) is 6.92 Å². The lowest BCUT2D eigenvalue weighted by molar-refractivity contribution is 0.483. The summed E-state index contributed by atoms with van der Waals surface area (Å²) in [4.78, 5) is 0.844. The highest BCUT2D eigenvalue weighted by Gasteiger charge is 2.24. The van der Waals surface area contributed by atoms with E-state index in [1.165, 1.54) is 11.5 Å². The molecule has 0 saturated heterocycles. The van der Waals surface area contributed by atoms with E-state index in [2.05, 4.69) is 14.9 Å². The Morgan fingerprint density at radius 3 is 2.70 bits per heavy atom. The van der Waals surface area contributed by atoms with Crippen molar-refractivity contribution in [1.82, 2.24) is 14.9 Å². The second-order valence-corrected chi connectivity index (χ2v) is 5.44. The van der Waals surface area contributed by atoms with Crippen LogP contribution in [-0.2, 0) is 6.42 Å². The summed E-state index contributed by atoms with van der Waals surface area (Å²) in [5.41, 5.74) is 1.44. The molecule has 1 atom stereocenters. The minimum absolute atomic E-state index is 0.291. The molecule has 2 rings (SSSR count). The Balaban J connectivity index is 2.47. The van der Waals surface area contributed by atoms with Gasteiger partial charge in [-0.05, 0) is 37.5 Å². The molecule has 0 radical (unpaired) electrons. The van der Waals surface area contributed by atoms with Gasteiger partial charge < -0.3 is 5.32 Å². The first-order valence-corrected chi connectivity index (χ1v) is 7.30. The number of nitrogens with one attached hydrogen (secondary N) is 1. The Hall–Kier alpha value is -1.40. The largest absolute Gasteiger partial charge is 0.308 e. The summed E-state index contributed by atoms with van der Waals surface area (Å²) in [6, 6.07) is 2.78. The molecule has 1 heterocycles. The van der Waals surface area contributed by atoms with Gasteiger partial charge in [0, 0.05) is 5.56 Å². The zero-order valence-corrected chi connectivity index (χ0v) is 12.5. The molecule has 1 unspecified atom stereocenters. The molecule has 0 aliphatic heterocycles. The molecule has 1 aromatic heterocycles. The van der Waals surface area contributed by atoms with E-state index in [1.54, 1.807) is 26.1 Å². The van der Waals surface area contributed by atoms with Gasteiger partial charge in [0.05, 0.1) is 16.6 Å². The second kappa shape index (κ2) is 6.37. The van der Waals surface area contributed by atoms with E-state index in [9.17, 15) is 8.78 Å². The fourth-order valence-electron chi connectivity index (χ4n) is 2.16. The van der Waals surface area contributed by atoms with E-state index in [0.717, 1.165) is 23.4 Å². The molecule has 0 amide bonds. The first-order chi connectivity index (χ1) is 9.60.